The molecule has 0 amide bonds. The largest absolute Gasteiger partial charge is 0.342 e. The number of hydrogen-bond donors (Lipinski definition) is 1. The molecule has 1 N–H and O–H groups in total. The SMILES string of the molecule is [B]C1=NNN(C)N1[B]. The Kier molecular flexibility index (Phi) is 1.17. The molecule has 1 heterocycles. The van der Waals surface area contributed by atoms with Crippen LogP contribution in [-0.2, 0) is 0 Å². The van der Waals surface area contributed by atoms with Crippen molar-refractivity contribution in [1.29, 1.82) is 0 Å². The van der Waals surface area contributed by atoms with E-state index in [1.807, 2.05) is 0 Å². The lowest BCUT2D eigenvalue weighted by molar-refractivity contribution is 0.129. The lowest BCUT2D eigenvalue weighted by atomic mass is 10.1. The van der Waals surface area contributed by atoms with E-state index in [9.17, 15) is 0 Å². The number of nitrogens with zero attached hydrogens (tertiary/aromatic N) is 3. The number of hydrazine groups is 2. The predicted octanol–water partition coefficient (Wildman–Crippen LogP) is -1.82. The second-order valence-electron chi connectivity index (χ2n) is 1.44. The first-order chi connectivity index (χ1) is 3.72. The standard InChI is InChI=1S/C2H4B2N4/c1-7-6-5-2(3)8(7)4/h6H,1H3. The zero-order valence-corrected chi connectivity index (χ0v) is 4.50. The molecule has 1 rings (SSSR count). The highest BCUT2D eigenvalue weighted by molar-refractivity contribution is 6.61. The van der Waals surface area contributed by atoms with Gasteiger partial charge in [0.2, 0.25) is 0 Å². The topological polar surface area (TPSA) is 30.9 Å². The van der Waals surface area contributed by atoms with Crippen molar-refractivity contribution in [2.45, 2.75) is 0 Å². The Labute approximate surface area is 50.3 Å². The number of hydrazone groups is 1. The van der Waals surface area contributed by atoms with Gasteiger partial charge in [-0.3, -0.25) is 0 Å². The van der Waals surface area contributed by atoms with Crippen LogP contribution in [0.15, 0.2) is 5.10 Å². The zero-order chi connectivity index (χ0) is 6.15. The van der Waals surface area contributed by atoms with Gasteiger partial charge in [0.15, 0.2) is 7.85 Å². The van der Waals surface area contributed by atoms with Gasteiger partial charge in [-0.05, 0) is 0 Å². The Balaban J connectivity index is 2.59. The monoisotopic (exact) mass is 106 g/mol. The summed E-state index contributed by atoms with van der Waals surface area (Å²) < 4.78 is 0. The summed E-state index contributed by atoms with van der Waals surface area (Å²) in [5.74, 6) is 0. The molecule has 8 heavy (non-hydrogen) atoms. The first-order valence-corrected chi connectivity index (χ1v) is 2.09. The first-order valence-electron chi connectivity index (χ1n) is 2.09. The Bertz CT molecular complexity index is 123. The minimum atomic E-state index is 0.257. The molecule has 0 aliphatic carbocycles. The minimum absolute atomic E-state index is 0.257. The number of rotatable bonds is 0. The summed E-state index contributed by atoms with van der Waals surface area (Å²) in [4.78, 5) is 1.19. The third-order valence-electron chi connectivity index (χ3n) is 0.867. The Hall–Kier alpha value is -0.640. The summed E-state index contributed by atoms with van der Waals surface area (Å²) in [6.07, 6.45) is 0. The predicted molar refractivity (Wildman–Crippen MR) is 31.7 cm³/mol. The van der Waals surface area contributed by atoms with Gasteiger partial charge in [0, 0.05) is 7.05 Å². The van der Waals surface area contributed by atoms with Crippen LogP contribution in [0.5, 0.6) is 0 Å². The molecule has 0 aromatic heterocycles. The summed E-state index contributed by atoms with van der Waals surface area (Å²) >= 11 is 0. The Morgan fingerprint density at radius 1 is 1.75 bits per heavy atom. The summed E-state index contributed by atoms with van der Waals surface area (Å²) in [5.41, 5.74) is 2.77. The Morgan fingerprint density at radius 2 is 2.38 bits per heavy atom. The third kappa shape index (κ3) is 0.667. The molecule has 0 spiro atoms. The van der Waals surface area contributed by atoms with Gasteiger partial charge >= 0.3 is 0 Å². The van der Waals surface area contributed by atoms with Crippen molar-refractivity contribution in [3.63, 3.8) is 0 Å². The van der Waals surface area contributed by atoms with Gasteiger partial charge in [-0.1, -0.05) is 0 Å². The molecule has 6 heteroatoms. The first kappa shape index (κ1) is 5.50. The molecular weight excluding hydrogens is 102 g/mol. The summed E-state index contributed by atoms with van der Waals surface area (Å²) in [6.45, 7) is 0. The highest BCUT2D eigenvalue weighted by atomic mass is 15.9. The molecule has 0 fully saturated rings. The molecule has 1 aliphatic heterocycles. The molecule has 0 saturated carbocycles. The maximum absolute atomic E-state index is 5.26. The second-order valence-corrected chi connectivity index (χ2v) is 1.44. The quantitative estimate of drug-likeness (QED) is 0.368. The van der Waals surface area contributed by atoms with E-state index < -0.39 is 0 Å². The highest BCUT2D eigenvalue weighted by Crippen LogP contribution is 1.91. The normalized spacial score (nSPS) is 20.6. The molecule has 0 aromatic carbocycles. The average Bonchev–Trinajstić information content (AvgIpc) is 1.98. The van der Waals surface area contributed by atoms with Gasteiger partial charge in [0.1, 0.15) is 0 Å². The molecule has 0 saturated heterocycles. The summed E-state index contributed by atoms with van der Waals surface area (Å²) in [5, 5.41) is 5.02. The number of nitrogens with one attached hydrogen (secondary N) is 1. The Morgan fingerprint density at radius 3 is 2.50 bits per heavy atom. The third-order valence-corrected chi connectivity index (χ3v) is 0.867. The van der Waals surface area contributed by atoms with Crippen molar-refractivity contribution in [3.8, 4) is 0 Å². The van der Waals surface area contributed by atoms with Crippen molar-refractivity contribution in [1.82, 2.24) is 15.6 Å². The minimum Gasteiger partial charge on any atom is -0.342 e. The zero-order valence-electron chi connectivity index (χ0n) is 4.50. The molecule has 0 unspecified atom stereocenters. The summed E-state index contributed by atoms with van der Waals surface area (Å²) in [6, 6.07) is 0. The van der Waals surface area contributed by atoms with Crippen LogP contribution < -0.4 is 5.53 Å². The molecular formula is C2H4B2N4. The van der Waals surface area contributed by atoms with Crippen LogP contribution in [-0.4, -0.2) is 38.6 Å². The average molecular weight is 106 g/mol. The molecule has 38 valence electrons. The van der Waals surface area contributed by atoms with Crippen molar-refractivity contribution in [3.05, 3.63) is 0 Å². The van der Waals surface area contributed by atoms with E-state index >= 15 is 0 Å². The van der Waals surface area contributed by atoms with Crippen LogP contribution in [0, 0.1) is 0 Å². The van der Waals surface area contributed by atoms with E-state index in [4.69, 9.17) is 15.8 Å². The van der Waals surface area contributed by atoms with E-state index in [-0.39, 0.29) is 5.73 Å². The van der Waals surface area contributed by atoms with Crippen molar-refractivity contribution in [2.24, 2.45) is 5.10 Å². The fraction of sp³-hybridized carbons (Fsp3) is 0.500. The van der Waals surface area contributed by atoms with Crippen molar-refractivity contribution >= 4 is 21.6 Å². The maximum atomic E-state index is 5.26. The van der Waals surface area contributed by atoms with E-state index in [1.165, 1.54) is 10.0 Å². The molecule has 1 aliphatic rings. The van der Waals surface area contributed by atoms with Crippen LogP contribution in [0.2, 0.25) is 0 Å². The van der Waals surface area contributed by atoms with Gasteiger partial charge in [0.05, 0.1) is 5.73 Å². The molecule has 0 atom stereocenters. The van der Waals surface area contributed by atoms with Crippen LogP contribution >= 0.6 is 0 Å². The van der Waals surface area contributed by atoms with Crippen LogP contribution in [0.4, 0.5) is 0 Å². The van der Waals surface area contributed by atoms with Gasteiger partial charge < -0.3 is 4.92 Å². The summed E-state index contributed by atoms with van der Waals surface area (Å²) in [7, 11) is 12.2. The lowest BCUT2D eigenvalue weighted by Gasteiger charge is -2.20. The van der Waals surface area contributed by atoms with Gasteiger partial charge in [0.25, 0.3) is 7.98 Å². The molecule has 4 radical (unpaired) electrons. The van der Waals surface area contributed by atoms with Crippen LogP contribution in [0.25, 0.3) is 0 Å². The van der Waals surface area contributed by atoms with Crippen molar-refractivity contribution in [2.75, 3.05) is 7.05 Å². The smallest absolute Gasteiger partial charge is 0.257 e. The second kappa shape index (κ2) is 1.70. The molecule has 4 nitrogen and oxygen atoms in total. The number of amidine groups is 1. The van der Waals surface area contributed by atoms with Crippen LogP contribution in [0.1, 0.15) is 0 Å². The maximum Gasteiger partial charge on any atom is 0.257 e. The lowest BCUT2D eigenvalue weighted by Crippen LogP contribution is -2.40. The van der Waals surface area contributed by atoms with E-state index in [0.717, 1.165) is 0 Å². The van der Waals surface area contributed by atoms with E-state index in [1.54, 1.807) is 7.05 Å². The number of hydrogen-bond acceptors (Lipinski definition) is 4. The van der Waals surface area contributed by atoms with Gasteiger partial charge in [-0.2, -0.15) is 5.10 Å². The van der Waals surface area contributed by atoms with Gasteiger partial charge in [-0.15, -0.1) is 5.12 Å². The molecule has 0 aromatic rings. The highest BCUT2D eigenvalue weighted by Gasteiger charge is 2.10. The van der Waals surface area contributed by atoms with Crippen LogP contribution in [0.3, 0.4) is 0 Å². The van der Waals surface area contributed by atoms with E-state index in [0.29, 0.717) is 0 Å². The van der Waals surface area contributed by atoms with Crippen molar-refractivity contribution < 1.29 is 0 Å². The fourth-order valence-corrected chi connectivity index (χ4v) is 0.377. The molecule has 0 bridgehead atoms. The van der Waals surface area contributed by atoms with E-state index in [2.05, 4.69) is 10.6 Å². The fourth-order valence-electron chi connectivity index (χ4n) is 0.377. The van der Waals surface area contributed by atoms with Gasteiger partial charge in [-0.25, -0.2) is 5.53 Å².